The van der Waals surface area contributed by atoms with Gasteiger partial charge in [-0.2, -0.15) is 0 Å². The van der Waals surface area contributed by atoms with E-state index in [4.69, 9.17) is 0 Å². The molecule has 1 fully saturated rings. The number of hydrogen-bond donors (Lipinski definition) is 1. The molecule has 2 heteroatoms. The van der Waals surface area contributed by atoms with Gasteiger partial charge >= 0.3 is 0 Å². The van der Waals surface area contributed by atoms with Gasteiger partial charge < -0.3 is 5.32 Å². The molecule has 19 heavy (non-hydrogen) atoms. The molecule has 0 aliphatic heterocycles. The third-order valence-electron chi connectivity index (χ3n) is 4.29. The third kappa shape index (κ3) is 3.94. The summed E-state index contributed by atoms with van der Waals surface area (Å²) in [7, 11) is 0. The van der Waals surface area contributed by atoms with E-state index in [1.165, 1.54) is 53.2 Å². The van der Waals surface area contributed by atoms with Gasteiger partial charge in [-0.3, -0.25) is 0 Å². The highest BCUT2D eigenvalue weighted by Gasteiger charge is 2.26. The zero-order valence-electron chi connectivity index (χ0n) is 12.2. The van der Waals surface area contributed by atoms with E-state index in [-0.39, 0.29) is 0 Å². The summed E-state index contributed by atoms with van der Waals surface area (Å²) in [6.45, 7) is 5.61. The summed E-state index contributed by atoms with van der Waals surface area (Å²) in [5.74, 6) is 0.829. The quantitative estimate of drug-likeness (QED) is 0.700. The monoisotopic (exact) mass is 371 g/mol. The fraction of sp³-hybridized carbons (Fsp3) is 0.647. The number of halogens is 1. The molecule has 1 aliphatic carbocycles. The Labute approximate surface area is 131 Å². The van der Waals surface area contributed by atoms with Crippen LogP contribution in [0.4, 0.5) is 0 Å². The Morgan fingerprint density at radius 1 is 1.26 bits per heavy atom. The van der Waals surface area contributed by atoms with E-state index in [9.17, 15) is 0 Å². The SMILES string of the molecule is CCCNC(c1cccc(C)c1I)C1CCCCC1. The van der Waals surface area contributed by atoms with Crippen LogP contribution in [0.5, 0.6) is 0 Å². The number of aryl methyl sites for hydroxylation is 1. The van der Waals surface area contributed by atoms with Crippen molar-refractivity contribution < 1.29 is 0 Å². The maximum atomic E-state index is 3.82. The van der Waals surface area contributed by atoms with Crippen LogP contribution in [-0.2, 0) is 0 Å². The summed E-state index contributed by atoms with van der Waals surface area (Å²) in [6, 6.07) is 7.34. The average Bonchev–Trinajstić information content (AvgIpc) is 2.45. The van der Waals surface area contributed by atoms with Gasteiger partial charge in [-0.05, 0) is 72.4 Å². The van der Waals surface area contributed by atoms with Crippen LogP contribution in [-0.4, -0.2) is 6.54 Å². The van der Waals surface area contributed by atoms with Crippen molar-refractivity contribution in [2.24, 2.45) is 5.92 Å². The first-order valence-corrected chi connectivity index (χ1v) is 8.80. The fourth-order valence-electron chi connectivity index (χ4n) is 3.21. The predicted molar refractivity (Wildman–Crippen MR) is 91.5 cm³/mol. The Morgan fingerprint density at radius 2 is 2.00 bits per heavy atom. The summed E-state index contributed by atoms with van der Waals surface area (Å²) in [5.41, 5.74) is 2.94. The van der Waals surface area contributed by atoms with Gasteiger partial charge in [0.1, 0.15) is 0 Å². The molecule has 1 atom stereocenters. The van der Waals surface area contributed by atoms with Gasteiger partial charge in [-0.25, -0.2) is 0 Å². The van der Waals surface area contributed by atoms with Crippen LogP contribution in [0.1, 0.15) is 62.6 Å². The molecule has 1 aliphatic rings. The first-order valence-electron chi connectivity index (χ1n) is 7.72. The van der Waals surface area contributed by atoms with Crippen LogP contribution < -0.4 is 5.32 Å². The van der Waals surface area contributed by atoms with Crippen molar-refractivity contribution >= 4 is 22.6 Å². The number of rotatable bonds is 5. The molecule has 0 saturated heterocycles. The summed E-state index contributed by atoms with van der Waals surface area (Å²) < 4.78 is 1.46. The number of nitrogens with one attached hydrogen (secondary N) is 1. The second kappa shape index (κ2) is 7.63. The maximum Gasteiger partial charge on any atom is 0.0359 e. The van der Waals surface area contributed by atoms with Crippen LogP contribution in [0.2, 0.25) is 0 Å². The van der Waals surface area contributed by atoms with Gasteiger partial charge in [-0.15, -0.1) is 0 Å². The van der Waals surface area contributed by atoms with E-state index in [1.54, 1.807) is 0 Å². The molecule has 1 aromatic carbocycles. The molecular formula is C17H26IN. The minimum atomic E-state index is 0.562. The van der Waals surface area contributed by atoms with Gasteiger partial charge in [-0.1, -0.05) is 44.4 Å². The lowest BCUT2D eigenvalue weighted by Gasteiger charge is -2.32. The molecule has 0 bridgehead atoms. The first-order chi connectivity index (χ1) is 9.24. The van der Waals surface area contributed by atoms with E-state index < -0.39 is 0 Å². The van der Waals surface area contributed by atoms with E-state index >= 15 is 0 Å². The third-order valence-corrected chi connectivity index (χ3v) is 5.77. The van der Waals surface area contributed by atoms with Crippen molar-refractivity contribution in [2.45, 2.75) is 58.4 Å². The molecule has 1 N–H and O–H groups in total. The van der Waals surface area contributed by atoms with Gasteiger partial charge in [0.2, 0.25) is 0 Å². The minimum absolute atomic E-state index is 0.562. The van der Waals surface area contributed by atoms with Crippen molar-refractivity contribution in [3.63, 3.8) is 0 Å². The Bertz CT molecular complexity index is 396. The molecule has 2 rings (SSSR count). The number of benzene rings is 1. The van der Waals surface area contributed by atoms with Gasteiger partial charge in [0.15, 0.2) is 0 Å². The lowest BCUT2D eigenvalue weighted by Crippen LogP contribution is -2.31. The van der Waals surface area contributed by atoms with Crippen LogP contribution in [0.25, 0.3) is 0 Å². The Hall–Kier alpha value is -0.0900. The maximum absolute atomic E-state index is 3.82. The highest BCUT2D eigenvalue weighted by molar-refractivity contribution is 14.1. The molecule has 0 amide bonds. The zero-order valence-corrected chi connectivity index (χ0v) is 14.4. The second-order valence-electron chi connectivity index (χ2n) is 5.81. The van der Waals surface area contributed by atoms with E-state index in [1.807, 2.05) is 0 Å². The summed E-state index contributed by atoms with van der Waals surface area (Å²) >= 11 is 2.53. The molecular weight excluding hydrogens is 345 g/mol. The minimum Gasteiger partial charge on any atom is -0.310 e. The molecule has 0 radical (unpaired) electrons. The van der Waals surface area contributed by atoms with E-state index in [2.05, 4.69) is 60.0 Å². The Balaban J connectivity index is 2.22. The van der Waals surface area contributed by atoms with Crippen LogP contribution in [0, 0.1) is 16.4 Å². The number of hydrogen-bond acceptors (Lipinski definition) is 1. The van der Waals surface area contributed by atoms with Gasteiger partial charge in [0, 0.05) is 9.61 Å². The molecule has 0 spiro atoms. The van der Waals surface area contributed by atoms with Crippen molar-refractivity contribution in [3.8, 4) is 0 Å². The normalized spacial score (nSPS) is 18.5. The molecule has 1 unspecified atom stereocenters. The zero-order chi connectivity index (χ0) is 13.7. The highest BCUT2D eigenvalue weighted by atomic mass is 127. The first kappa shape index (κ1) is 15.3. The average molecular weight is 371 g/mol. The summed E-state index contributed by atoms with van der Waals surface area (Å²) in [6.07, 6.45) is 8.26. The van der Waals surface area contributed by atoms with Crippen molar-refractivity contribution in [3.05, 3.63) is 32.9 Å². The topological polar surface area (TPSA) is 12.0 Å². The van der Waals surface area contributed by atoms with Crippen LogP contribution in [0.3, 0.4) is 0 Å². The molecule has 0 aromatic heterocycles. The predicted octanol–water partition coefficient (Wildman–Crippen LogP) is 5.22. The standard InChI is InChI=1S/C17H26IN/c1-3-12-19-17(14-9-5-4-6-10-14)15-11-7-8-13(2)16(15)18/h7-8,11,14,17,19H,3-6,9-10,12H2,1-2H3. The van der Waals surface area contributed by atoms with Gasteiger partial charge in [0.05, 0.1) is 0 Å². The van der Waals surface area contributed by atoms with Crippen molar-refractivity contribution in [1.82, 2.24) is 5.32 Å². The fourth-order valence-corrected chi connectivity index (χ4v) is 3.90. The van der Waals surface area contributed by atoms with Gasteiger partial charge in [0.25, 0.3) is 0 Å². The Morgan fingerprint density at radius 3 is 2.68 bits per heavy atom. The van der Waals surface area contributed by atoms with Crippen LogP contribution >= 0.6 is 22.6 Å². The van der Waals surface area contributed by atoms with E-state index in [0.717, 1.165) is 12.5 Å². The van der Waals surface area contributed by atoms with Crippen molar-refractivity contribution in [2.75, 3.05) is 6.54 Å². The lowest BCUT2D eigenvalue weighted by atomic mass is 9.81. The van der Waals surface area contributed by atoms with Crippen LogP contribution in [0.15, 0.2) is 18.2 Å². The smallest absolute Gasteiger partial charge is 0.0359 e. The molecule has 0 heterocycles. The largest absolute Gasteiger partial charge is 0.310 e. The Kier molecular flexibility index (Phi) is 6.14. The van der Waals surface area contributed by atoms with Crippen molar-refractivity contribution in [1.29, 1.82) is 0 Å². The second-order valence-corrected chi connectivity index (χ2v) is 6.89. The summed E-state index contributed by atoms with van der Waals surface area (Å²) in [4.78, 5) is 0. The van der Waals surface area contributed by atoms with E-state index in [0.29, 0.717) is 6.04 Å². The summed E-state index contributed by atoms with van der Waals surface area (Å²) in [5, 5.41) is 3.82. The molecule has 1 nitrogen and oxygen atoms in total. The molecule has 106 valence electrons. The molecule has 1 saturated carbocycles. The highest BCUT2D eigenvalue weighted by Crippen LogP contribution is 2.36. The lowest BCUT2D eigenvalue weighted by molar-refractivity contribution is 0.271. The molecule has 1 aromatic rings.